The second-order valence-corrected chi connectivity index (χ2v) is 12.1. The van der Waals surface area contributed by atoms with Crippen molar-refractivity contribution in [1.29, 1.82) is 0 Å². The molecule has 6 nitrogen and oxygen atoms in total. The van der Waals surface area contributed by atoms with Crippen molar-refractivity contribution in [2.24, 2.45) is 35.0 Å². The van der Waals surface area contributed by atoms with E-state index in [0.29, 0.717) is 11.8 Å². The van der Waals surface area contributed by atoms with Crippen LogP contribution in [-0.4, -0.2) is 51.5 Å². The number of hydrogen-bond acceptors (Lipinski definition) is 6. The molecule has 11 atom stereocenters. The van der Waals surface area contributed by atoms with Crippen LogP contribution in [0.5, 0.6) is 0 Å². The third kappa shape index (κ3) is 2.55. The van der Waals surface area contributed by atoms with Crippen LogP contribution in [0.2, 0.25) is 0 Å². The Morgan fingerprint density at radius 2 is 1.91 bits per heavy atom. The van der Waals surface area contributed by atoms with Crippen molar-refractivity contribution in [3.63, 3.8) is 0 Å². The molecule has 33 heavy (non-hydrogen) atoms. The van der Waals surface area contributed by atoms with Crippen LogP contribution < -0.4 is 0 Å². The SMILES string of the molecule is CC1=C(C)C(=O)O[C@@H]([C@@H](C)C2CC[C@H]3[C@@H]4C[C@H]5O[C@]56[C@@H](O)C=CC(=O)[C@]6(O)[C@H]4CC[C@]23C)C1. The average molecular weight is 457 g/mol. The van der Waals surface area contributed by atoms with Gasteiger partial charge in [0.2, 0.25) is 0 Å². The highest BCUT2D eigenvalue weighted by Gasteiger charge is 2.82. The van der Waals surface area contributed by atoms with E-state index in [-0.39, 0.29) is 47.1 Å². The molecule has 0 radical (unpaired) electrons. The molecule has 0 aromatic carbocycles. The van der Waals surface area contributed by atoms with Crippen LogP contribution in [0.25, 0.3) is 0 Å². The maximum absolute atomic E-state index is 13.0. The number of fused-ring (bicyclic) bond motifs is 4. The highest BCUT2D eigenvalue weighted by atomic mass is 16.6. The monoisotopic (exact) mass is 456 g/mol. The van der Waals surface area contributed by atoms with Gasteiger partial charge in [0, 0.05) is 17.9 Å². The number of carbonyl (C=O) groups excluding carboxylic acids is 2. The predicted molar refractivity (Wildman–Crippen MR) is 120 cm³/mol. The van der Waals surface area contributed by atoms with Gasteiger partial charge in [-0.15, -0.1) is 0 Å². The van der Waals surface area contributed by atoms with Crippen molar-refractivity contribution in [1.82, 2.24) is 0 Å². The summed E-state index contributed by atoms with van der Waals surface area (Å²) in [5, 5.41) is 22.5. The van der Waals surface area contributed by atoms with Crippen molar-refractivity contribution in [2.75, 3.05) is 0 Å². The molecule has 6 heteroatoms. The number of cyclic esters (lactones) is 1. The van der Waals surface area contributed by atoms with Crippen molar-refractivity contribution >= 4 is 11.8 Å². The third-order valence-electron chi connectivity index (χ3n) is 11.1. The van der Waals surface area contributed by atoms with E-state index in [1.165, 1.54) is 12.2 Å². The molecule has 6 aliphatic rings. The van der Waals surface area contributed by atoms with Crippen molar-refractivity contribution in [3.8, 4) is 0 Å². The fraction of sp³-hybridized carbons (Fsp3) is 0.778. The highest BCUT2D eigenvalue weighted by Crippen LogP contribution is 2.70. The highest BCUT2D eigenvalue weighted by molar-refractivity contribution is 6.00. The number of hydrogen-bond donors (Lipinski definition) is 2. The standard InChI is InChI=1S/C27H36O6/c1-13-11-20(32-24(30)14(13)2)15(3)17-5-6-18-16-12-23-27(33-23)22(29)8-7-21(28)26(27,31)19(16)9-10-25(17,18)4/h7-8,15-20,22-23,29,31H,5-6,9-12H2,1-4H3/t15-,16-,17?,18-,19-,20+,22-,23+,25+,26+,27+/m0/s1. The predicted octanol–water partition coefficient (Wildman–Crippen LogP) is 3.11. The molecular weight excluding hydrogens is 420 g/mol. The van der Waals surface area contributed by atoms with E-state index in [9.17, 15) is 19.8 Å². The molecule has 1 spiro atoms. The van der Waals surface area contributed by atoms with Gasteiger partial charge in [0.1, 0.15) is 12.2 Å². The van der Waals surface area contributed by atoms with Gasteiger partial charge in [0.05, 0.1) is 6.10 Å². The van der Waals surface area contributed by atoms with E-state index >= 15 is 0 Å². The smallest absolute Gasteiger partial charge is 0.333 e. The number of ketones is 1. The van der Waals surface area contributed by atoms with Gasteiger partial charge in [-0.2, -0.15) is 0 Å². The number of epoxide rings is 1. The zero-order valence-corrected chi connectivity index (χ0v) is 20.0. The van der Waals surface area contributed by atoms with E-state index in [2.05, 4.69) is 13.8 Å². The molecule has 180 valence electrons. The fourth-order valence-corrected chi connectivity index (χ4v) is 9.09. The Morgan fingerprint density at radius 1 is 1.15 bits per heavy atom. The summed E-state index contributed by atoms with van der Waals surface area (Å²) in [5.74, 6) is 0.613. The first kappa shape index (κ1) is 22.0. The molecular formula is C27H36O6. The first-order chi connectivity index (χ1) is 15.6. The van der Waals surface area contributed by atoms with Gasteiger partial charge in [-0.25, -0.2) is 4.79 Å². The van der Waals surface area contributed by atoms with Gasteiger partial charge in [0.25, 0.3) is 0 Å². The number of ether oxygens (including phenoxy) is 2. The summed E-state index contributed by atoms with van der Waals surface area (Å²) in [7, 11) is 0. The van der Waals surface area contributed by atoms with Crippen LogP contribution in [0.4, 0.5) is 0 Å². The summed E-state index contributed by atoms with van der Waals surface area (Å²) in [6.45, 7) is 8.51. The summed E-state index contributed by atoms with van der Waals surface area (Å²) in [4.78, 5) is 25.4. The molecule has 0 amide bonds. The van der Waals surface area contributed by atoms with Crippen LogP contribution in [0, 0.1) is 35.0 Å². The van der Waals surface area contributed by atoms with E-state index in [1.54, 1.807) is 0 Å². The first-order valence-electron chi connectivity index (χ1n) is 12.7. The van der Waals surface area contributed by atoms with Crippen LogP contribution in [0.3, 0.4) is 0 Å². The number of aliphatic hydroxyl groups excluding tert-OH is 1. The molecule has 3 saturated carbocycles. The minimum Gasteiger partial charge on any atom is -0.458 e. The van der Waals surface area contributed by atoms with Crippen LogP contribution in [-0.2, 0) is 19.1 Å². The maximum Gasteiger partial charge on any atom is 0.333 e. The second kappa shape index (κ2) is 6.79. The lowest BCUT2D eigenvalue weighted by Gasteiger charge is -2.57. The van der Waals surface area contributed by atoms with Crippen LogP contribution in [0.15, 0.2) is 23.3 Å². The molecule has 1 saturated heterocycles. The Labute approximate surface area is 195 Å². The Kier molecular flexibility index (Phi) is 4.53. The minimum atomic E-state index is -1.63. The van der Waals surface area contributed by atoms with Crippen molar-refractivity contribution in [3.05, 3.63) is 23.3 Å². The molecule has 2 N–H and O–H groups in total. The summed E-state index contributed by atoms with van der Waals surface area (Å²) in [6.07, 6.45) is 6.98. The quantitative estimate of drug-likeness (QED) is 0.490. The molecule has 2 aliphatic heterocycles. The topological polar surface area (TPSA) is 96.4 Å². The molecule has 0 aromatic rings. The molecule has 4 fully saturated rings. The zero-order chi connectivity index (χ0) is 23.5. The van der Waals surface area contributed by atoms with Gasteiger partial charge in [-0.1, -0.05) is 19.4 Å². The van der Waals surface area contributed by atoms with Crippen LogP contribution >= 0.6 is 0 Å². The van der Waals surface area contributed by atoms with Crippen LogP contribution in [0.1, 0.15) is 66.2 Å². The van der Waals surface area contributed by atoms with Gasteiger partial charge in [-0.05, 0) is 87.2 Å². The van der Waals surface area contributed by atoms with Gasteiger partial charge in [0.15, 0.2) is 17.0 Å². The Hall–Kier alpha value is -1.50. The Morgan fingerprint density at radius 3 is 2.64 bits per heavy atom. The molecule has 2 heterocycles. The third-order valence-corrected chi connectivity index (χ3v) is 11.1. The summed E-state index contributed by atoms with van der Waals surface area (Å²) < 4.78 is 11.9. The maximum atomic E-state index is 13.0. The van der Waals surface area contributed by atoms with E-state index < -0.39 is 17.3 Å². The first-order valence-corrected chi connectivity index (χ1v) is 12.7. The molecule has 0 aromatic heterocycles. The number of rotatable bonds is 2. The summed E-state index contributed by atoms with van der Waals surface area (Å²) in [6, 6.07) is 0. The van der Waals surface area contributed by atoms with Gasteiger partial charge in [-0.3, -0.25) is 4.79 Å². The van der Waals surface area contributed by atoms with E-state index in [1.807, 2.05) is 13.8 Å². The van der Waals surface area contributed by atoms with Gasteiger partial charge < -0.3 is 19.7 Å². The Balaban J connectivity index is 1.28. The normalized spacial score (nSPS) is 53.6. The molecule has 6 rings (SSSR count). The minimum absolute atomic E-state index is 0.0779. The largest absolute Gasteiger partial charge is 0.458 e. The number of aliphatic hydroxyl groups is 2. The Bertz CT molecular complexity index is 983. The fourth-order valence-electron chi connectivity index (χ4n) is 9.09. The molecule has 0 bridgehead atoms. The summed E-state index contributed by atoms with van der Waals surface area (Å²) >= 11 is 0. The number of esters is 1. The number of carbonyl (C=O) groups is 2. The lowest BCUT2D eigenvalue weighted by atomic mass is 9.47. The molecule has 4 aliphatic carbocycles. The lowest BCUT2D eigenvalue weighted by Crippen LogP contribution is -2.69. The molecule has 1 unspecified atom stereocenters. The zero-order valence-electron chi connectivity index (χ0n) is 20.0. The van der Waals surface area contributed by atoms with Crippen molar-refractivity contribution < 1.29 is 29.3 Å². The van der Waals surface area contributed by atoms with Crippen molar-refractivity contribution in [2.45, 2.75) is 95.7 Å². The van der Waals surface area contributed by atoms with E-state index in [0.717, 1.165) is 49.7 Å². The summed E-state index contributed by atoms with van der Waals surface area (Å²) in [5.41, 5.74) is -0.819. The average Bonchev–Trinajstić information content (AvgIpc) is 3.41. The van der Waals surface area contributed by atoms with Gasteiger partial charge >= 0.3 is 5.97 Å². The lowest BCUT2D eigenvalue weighted by molar-refractivity contribution is -0.183. The van der Waals surface area contributed by atoms with E-state index in [4.69, 9.17) is 9.47 Å². The second-order valence-electron chi connectivity index (χ2n) is 12.1.